The summed E-state index contributed by atoms with van der Waals surface area (Å²) in [6.45, 7) is 4.01. The van der Waals surface area contributed by atoms with Gasteiger partial charge in [0.2, 0.25) is 10.6 Å². The summed E-state index contributed by atoms with van der Waals surface area (Å²) in [5, 5.41) is 10.9. The highest BCUT2D eigenvalue weighted by Gasteiger charge is 2.22. The lowest BCUT2D eigenvalue weighted by molar-refractivity contribution is 0.210. The Kier molecular flexibility index (Phi) is 18.8. The number of nitrogens with one attached hydrogen (secondary N) is 3. The van der Waals surface area contributed by atoms with Crippen LogP contribution in [0.15, 0.2) is 18.2 Å². The number of likely N-dealkylation sites (tertiary alicyclic amines) is 1. The summed E-state index contributed by atoms with van der Waals surface area (Å²) in [6, 6.07) is 6.31. The topological polar surface area (TPSA) is 109 Å². The average molecular weight is 818 g/mol. The van der Waals surface area contributed by atoms with Crippen LogP contribution in [0.2, 0.25) is 30.9 Å². The first kappa shape index (κ1) is 41.9. The zero-order valence-corrected chi connectivity index (χ0v) is 31.3. The molecule has 2 fully saturated rings. The van der Waals surface area contributed by atoms with Crippen molar-refractivity contribution in [3.63, 3.8) is 0 Å². The molecule has 0 bridgehead atoms. The number of nitrogens with zero attached hydrogens (tertiary/aromatic N) is 5. The molecule has 4 heterocycles. The number of hydrogen-bond donors (Lipinski definition) is 3. The van der Waals surface area contributed by atoms with Gasteiger partial charge in [-0.2, -0.15) is 9.97 Å². The van der Waals surface area contributed by atoms with Crippen molar-refractivity contribution in [1.29, 1.82) is 0 Å². The van der Waals surface area contributed by atoms with Crippen molar-refractivity contribution >= 4 is 106 Å². The van der Waals surface area contributed by atoms with E-state index in [4.69, 9.17) is 79.1 Å². The minimum atomic E-state index is -0.541. The van der Waals surface area contributed by atoms with Crippen molar-refractivity contribution in [3.05, 3.63) is 54.7 Å². The van der Waals surface area contributed by atoms with E-state index in [9.17, 15) is 4.39 Å². The molecule has 262 valence electrons. The van der Waals surface area contributed by atoms with E-state index in [-0.39, 0.29) is 63.4 Å². The molecular formula is C28H35Cl8FN8O2. The third-order valence-electron chi connectivity index (χ3n) is 7.14. The summed E-state index contributed by atoms with van der Waals surface area (Å²) in [5.74, 6) is 2.13. The number of anilines is 2. The van der Waals surface area contributed by atoms with E-state index in [1.807, 2.05) is 18.2 Å². The van der Waals surface area contributed by atoms with Crippen molar-refractivity contribution in [1.82, 2.24) is 30.2 Å². The van der Waals surface area contributed by atoms with Gasteiger partial charge in [-0.3, -0.25) is 4.90 Å². The second kappa shape index (κ2) is 21.1. The zero-order valence-electron chi connectivity index (χ0n) is 25.2. The normalized spacial score (nSPS) is 15.4. The molecule has 1 aromatic carbocycles. The van der Waals surface area contributed by atoms with Crippen LogP contribution in [0, 0.1) is 0 Å². The van der Waals surface area contributed by atoms with Crippen LogP contribution in [0.5, 0.6) is 11.5 Å². The molecule has 2 aromatic heterocycles. The van der Waals surface area contributed by atoms with Gasteiger partial charge in [0, 0.05) is 31.7 Å². The first-order valence-electron chi connectivity index (χ1n) is 14.3. The van der Waals surface area contributed by atoms with Gasteiger partial charge in [-0.1, -0.05) is 52.5 Å². The fourth-order valence-electron chi connectivity index (χ4n) is 4.91. The van der Waals surface area contributed by atoms with E-state index < -0.39 is 6.67 Å². The fourth-order valence-corrected chi connectivity index (χ4v) is 5.95. The number of benzene rings is 1. The Morgan fingerprint density at radius 2 is 1.34 bits per heavy atom. The molecule has 0 radical (unpaired) electrons. The van der Waals surface area contributed by atoms with E-state index in [2.05, 4.69) is 40.8 Å². The smallest absolute Gasteiger partial charge is 0.225 e. The van der Waals surface area contributed by atoms with E-state index >= 15 is 0 Å². The Balaban J connectivity index is 0.000000363. The lowest BCUT2D eigenvalue weighted by Gasteiger charge is -2.32. The maximum atomic E-state index is 12.4. The largest absolute Gasteiger partial charge is 0.493 e. The van der Waals surface area contributed by atoms with E-state index in [0.717, 1.165) is 64.0 Å². The first-order valence-corrected chi connectivity index (χ1v) is 16.5. The molecule has 10 nitrogen and oxygen atoms in total. The van der Waals surface area contributed by atoms with E-state index in [0.29, 0.717) is 34.2 Å². The molecule has 2 saturated heterocycles. The van der Waals surface area contributed by atoms with Gasteiger partial charge >= 0.3 is 0 Å². The molecule has 0 amide bonds. The predicted molar refractivity (Wildman–Crippen MR) is 195 cm³/mol. The van der Waals surface area contributed by atoms with Crippen molar-refractivity contribution < 1.29 is 13.9 Å². The van der Waals surface area contributed by atoms with Crippen LogP contribution in [-0.4, -0.2) is 83.5 Å². The van der Waals surface area contributed by atoms with Crippen LogP contribution in [-0.2, 0) is 6.54 Å². The lowest BCUT2D eigenvalue weighted by Crippen LogP contribution is -2.38. The molecule has 0 spiro atoms. The monoisotopic (exact) mass is 814 g/mol. The van der Waals surface area contributed by atoms with Crippen LogP contribution in [0.25, 0.3) is 0 Å². The number of aromatic nitrogens is 4. The number of halogens is 9. The third kappa shape index (κ3) is 12.9. The molecule has 2 aliphatic rings. The zero-order chi connectivity index (χ0) is 32.3. The summed E-state index contributed by atoms with van der Waals surface area (Å²) >= 11 is 35.5. The average Bonchev–Trinajstić information content (AvgIpc) is 3.03. The quantitative estimate of drug-likeness (QED) is 0.137. The van der Waals surface area contributed by atoms with Crippen molar-refractivity contribution in [2.45, 2.75) is 44.3 Å². The predicted octanol–water partition coefficient (Wildman–Crippen LogP) is 8.31. The van der Waals surface area contributed by atoms with Gasteiger partial charge in [-0.15, -0.1) is 24.8 Å². The van der Waals surface area contributed by atoms with Crippen LogP contribution in [0.3, 0.4) is 0 Å². The minimum absolute atomic E-state index is 0. The van der Waals surface area contributed by atoms with Crippen molar-refractivity contribution in [3.8, 4) is 11.5 Å². The number of piperidine rings is 2. The number of hydrogen-bond acceptors (Lipinski definition) is 10. The molecule has 19 heteroatoms. The maximum Gasteiger partial charge on any atom is 0.225 e. The molecule has 0 aliphatic carbocycles. The fraction of sp³-hybridized carbons (Fsp3) is 0.500. The van der Waals surface area contributed by atoms with Crippen LogP contribution < -0.4 is 25.4 Å². The van der Waals surface area contributed by atoms with Crippen LogP contribution in [0.1, 0.15) is 31.2 Å². The summed E-state index contributed by atoms with van der Waals surface area (Å²) in [6.07, 6.45) is 3.87. The molecule has 3 aromatic rings. The Hall–Kier alpha value is -1.25. The maximum absolute atomic E-state index is 12.4. The number of alkyl halides is 1. The standard InChI is InChI=1S/C19H22Cl3FN4O2.C9H11Cl3N4.2ClH/c1-28-14-3-2-12(10-15(14)29-9-6-23)11-27-7-4-13(5-8-27)24-18-16(20)17(21)25-19(22)26-18;10-6-7(11)15-9(12)16-8(6)14-5-1-3-13-4-2-5;;/h2-3,10,13H,4-9,11H2,1H3,(H,24,25,26);5,13H,1-4H2,(H,14,15,16);2*1H. The number of rotatable bonds is 10. The second-order valence-corrected chi connectivity index (χ2v) is 12.4. The highest BCUT2D eigenvalue weighted by molar-refractivity contribution is 6.43. The Labute approximate surface area is 315 Å². The molecule has 5 rings (SSSR count). The molecule has 47 heavy (non-hydrogen) atoms. The Morgan fingerprint density at radius 1 is 0.809 bits per heavy atom. The highest BCUT2D eigenvalue weighted by Crippen LogP contribution is 2.32. The first-order chi connectivity index (χ1) is 21.7. The van der Waals surface area contributed by atoms with E-state index in [1.54, 1.807) is 7.11 Å². The summed E-state index contributed by atoms with van der Waals surface area (Å²) in [7, 11) is 1.57. The van der Waals surface area contributed by atoms with Gasteiger partial charge in [0.05, 0.1) is 7.11 Å². The molecule has 3 N–H and O–H groups in total. The van der Waals surface area contributed by atoms with E-state index in [1.165, 1.54) is 0 Å². The van der Waals surface area contributed by atoms with Gasteiger partial charge in [0.15, 0.2) is 33.4 Å². The summed E-state index contributed by atoms with van der Waals surface area (Å²) < 4.78 is 23.2. The molecule has 0 unspecified atom stereocenters. The molecular weight excluding hydrogens is 783 g/mol. The van der Waals surface area contributed by atoms with Gasteiger partial charge in [-0.05, 0) is 79.7 Å². The Morgan fingerprint density at radius 3 is 1.85 bits per heavy atom. The Bertz CT molecular complexity index is 1420. The second-order valence-electron chi connectivity index (χ2n) is 10.3. The minimum Gasteiger partial charge on any atom is -0.493 e. The third-order valence-corrected chi connectivity index (χ3v) is 8.94. The van der Waals surface area contributed by atoms with Gasteiger partial charge in [0.25, 0.3) is 0 Å². The molecule has 0 atom stereocenters. The number of methoxy groups -OCH3 is 1. The number of ether oxygens (including phenoxy) is 2. The summed E-state index contributed by atoms with van der Waals surface area (Å²) in [5.41, 5.74) is 1.09. The summed E-state index contributed by atoms with van der Waals surface area (Å²) in [4.78, 5) is 18.1. The molecule has 0 saturated carbocycles. The highest BCUT2D eigenvalue weighted by atomic mass is 35.5. The van der Waals surface area contributed by atoms with Gasteiger partial charge in [0.1, 0.15) is 23.3 Å². The lowest BCUT2D eigenvalue weighted by atomic mass is 10.0. The molecule has 2 aliphatic heterocycles. The van der Waals surface area contributed by atoms with Gasteiger partial charge < -0.3 is 25.4 Å². The SMILES string of the molecule is COc1ccc(CN2CCC(Nc3nc(Cl)nc(Cl)c3Cl)CC2)cc1OCCF.Cl.Cl.Clc1nc(Cl)c(Cl)c(NC2CCNCC2)n1. The van der Waals surface area contributed by atoms with Crippen molar-refractivity contribution in [2.75, 3.05) is 57.2 Å². The van der Waals surface area contributed by atoms with Gasteiger partial charge in [-0.25, -0.2) is 14.4 Å². The van der Waals surface area contributed by atoms with Crippen LogP contribution >= 0.6 is 94.4 Å². The van der Waals surface area contributed by atoms with Crippen LogP contribution in [0.4, 0.5) is 16.0 Å². The van der Waals surface area contributed by atoms with Crippen molar-refractivity contribution in [2.24, 2.45) is 0 Å².